The SMILES string of the molecule is COC(=O)c1nc(N(C)CCC#N)sc1C. The van der Waals surface area contributed by atoms with Crippen LogP contribution in [0.1, 0.15) is 21.8 Å². The summed E-state index contributed by atoms with van der Waals surface area (Å²) in [6, 6.07) is 2.07. The number of hydrogen-bond acceptors (Lipinski definition) is 6. The maximum absolute atomic E-state index is 11.3. The molecule has 0 spiro atoms. The molecule has 1 aromatic rings. The molecule has 5 nitrogen and oxygen atoms in total. The summed E-state index contributed by atoms with van der Waals surface area (Å²) in [6.45, 7) is 2.43. The topological polar surface area (TPSA) is 66.2 Å². The number of rotatable bonds is 4. The lowest BCUT2D eigenvalue weighted by molar-refractivity contribution is 0.0594. The second-order valence-corrected chi connectivity index (χ2v) is 4.40. The Balaban J connectivity index is 2.84. The first kappa shape index (κ1) is 12.5. The molecular weight excluding hydrogens is 226 g/mol. The van der Waals surface area contributed by atoms with Crippen LogP contribution < -0.4 is 4.90 Å². The zero-order valence-electron chi connectivity index (χ0n) is 9.48. The maximum Gasteiger partial charge on any atom is 0.357 e. The third-order valence-electron chi connectivity index (χ3n) is 2.05. The van der Waals surface area contributed by atoms with Crippen molar-refractivity contribution in [2.45, 2.75) is 13.3 Å². The molecule has 0 amide bonds. The average molecular weight is 239 g/mol. The molecule has 0 bridgehead atoms. The molecule has 86 valence electrons. The number of aromatic nitrogens is 1. The largest absolute Gasteiger partial charge is 0.464 e. The minimum atomic E-state index is -0.423. The van der Waals surface area contributed by atoms with Crippen molar-refractivity contribution in [3.05, 3.63) is 10.6 Å². The summed E-state index contributed by atoms with van der Waals surface area (Å²) in [6.07, 6.45) is 0.433. The molecule has 0 atom stereocenters. The molecule has 0 radical (unpaired) electrons. The van der Waals surface area contributed by atoms with E-state index in [1.807, 2.05) is 18.9 Å². The number of hydrogen-bond donors (Lipinski definition) is 0. The van der Waals surface area contributed by atoms with E-state index in [1.165, 1.54) is 18.4 Å². The molecule has 0 saturated carbocycles. The van der Waals surface area contributed by atoms with Gasteiger partial charge in [-0.15, -0.1) is 11.3 Å². The van der Waals surface area contributed by atoms with Crippen molar-refractivity contribution < 1.29 is 9.53 Å². The molecule has 0 aliphatic rings. The van der Waals surface area contributed by atoms with E-state index in [9.17, 15) is 4.79 Å². The summed E-state index contributed by atoms with van der Waals surface area (Å²) in [5.41, 5.74) is 0.353. The lowest BCUT2D eigenvalue weighted by Crippen LogP contribution is -2.18. The number of nitrogens with zero attached hydrogens (tertiary/aromatic N) is 3. The van der Waals surface area contributed by atoms with Gasteiger partial charge in [0, 0.05) is 18.5 Å². The number of aryl methyl sites for hydroxylation is 1. The van der Waals surface area contributed by atoms with E-state index >= 15 is 0 Å². The van der Waals surface area contributed by atoms with Crippen LogP contribution in [0.25, 0.3) is 0 Å². The first-order valence-corrected chi connectivity index (χ1v) is 5.55. The predicted molar refractivity (Wildman–Crippen MR) is 61.7 cm³/mol. The molecule has 0 fully saturated rings. The summed E-state index contributed by atoms with van der Waals surface area (Å²) in [4.78, 5) is 18.2. The van der Waals surface area contributed by atoms with E-state index in [2.05, 4.69) is 15.8 Å². The minimum absolute atomic E-state index is 0.353. The number of esters is 1. The Morgan fingerprint density at radius 2 is 2.38 bits per heavy atom. The standard InChI is InChI=1S/C10H13N3O2S/c1-7-8(9(14)15-3)12-10(16-7)13(2)6-4-5-11/h4,6H2,1-3H3. The van der Waals surface area contributed by atoms with Crippen LogP contribution in [0, 0.1) is 18.3 Å². The van der Waals surface area contributed by atoms with Gasteiger partial charge in [-0.05, 0) is 6.92 Å². The number of thiazole rings is 1. The first-order valence-electron chi connectivity index (χ1n) is 4.74. The molecule has 16 heavy (non-hydrogen) atoms. The Morgan fingerprint density at radius 1 is 1.69 bits per heavy atom. The van der Waals surface area contributed by atoms with Crippen LogP contribution in [0.5, 0.6) is 0 Å². The number of carbonyl (C=O) groups excluding carboxylic acids is 1. The van der Waals surface area contributed by atoms with Gasteiger partial charge in [-0.2, -0.15) is 5.26 Å². The molecule has 1 aromatic heterocycles. The Labute approximate surface area is 98.3 Å². The van der Waals surface area contributed by atoms with Crippen LogP contribution in [0.15, 0.2) is 0 Å². The van der Waals surface area contributed by atoms with Gasteiger partial charge < -0.3 is 9.64 Å². The monoisotopic (exact) mass is 239 g/mol. The van der Waals surface area contributed by atoms with Gasteiger partial charge in [-0.25, -0.2) is 9.78 Å². The fraction of sp³-hybridized carbons (Fsp3) is 0.500. The predicted octanol–water partition coefficient (Wildman–Crippen LogP) is 1.59. The van der Waals surface area contributed by atoms with Crippen molar-refractivity contribution in [2.24, 2.45) is 0 Å². The van der Waals surface area contributed by atoms with Crippen molar-refractivity contribution in [1.29, 1.82) is 5.26 Å². The zero-order valence-corrected chi connectivity index (χ0v) is 10.3. The van der Waals surface area contributed by atoms with Gasteiger partial charge in [0.2, 0.25) is 0 Å². The second kappa shape index (κ2) is 5.47. The van der Waals surface area contributed by atoms with E-state index in [0.717, 1.165) is 10.0 Å². The number of methoxy groups -OCH3 is 1. The van der Waals surface area contributed by atoms with Gasteiger partial charge >= 0.3 is 5.97 Å². The fourth-order valence-electron chi connectivity index (χ4n) is 1.15. The molecule has 0 aliphatic heterocycles. The van der Waals surface area contributed by atoms with Gasteiger partial charge in [0.1, 0.15) is 0 Å². The Bertz CT molecular complexity index is 422. The van der Waals surface area contributed by atoms with Crippen LogP contribution in [0.3, 0.4) is 0 Å². The highest BCUT2D eigenvalue weighted by atomic mass is 32.1. The summed E-state index contributed by atoms with van der Waals surface area (Å²) in [5, 5.41) is 9.21. The highest BCUT2D eigenvalue weighted by molar-refractivity contribution is 7.15. The van der Waals surface area contributed by atoms with Crippen LogP contribution >= 0.6 is 11.3 Å². The van der Waals surface area contributed by atoms with Crippen LogP contribution in [0.4, 0.5) is 5.13 Å². The fourth-order valence-corrected chi connectivity index (χ4v) is 2.03. The van der Waals surface area contributed by atoms with Crippen molar-refractivity contribution in [2.75, 3.05) is 25.6 Å². The van der Waals surface area contributed by atoms with Gasteiger partial charge in [0.15, 0.2) is 10.8 Å². The molecule has 1 heterocycles. The van der Waals surface area contributed by atoms with Crippen molar-refractivity contribution in [3.63, 3.8) is 0 Å². The molecule has 0 aliphatic carbocycles. The first-order chi connectivity index (χ1) is 7.60. The molecule has 0 aromatic carbocycles. The number of nitriles is 1. The van der Waals surface area contributed by atoms with Crippen LogP contribution in [0.2, 0.25) is 0 Å². The number of carbonyl (C=O) groups is 1. The van der Waals surface area contributed by atoms with Gasteiger partial charge in [-0.3, -0.25) is 0 Å². The molecule has 6 heteroatoms. The van der Waals surface area contributed by atoms with Gasteiger partial charge in [0.05, 0.1) is 19.6 Å². The molecule has 1 rings (SSSR count). The molecule has 0 N–H and O–H groups in total. The van der Waals surface area contributed by atoms with Crippen molar-refractivity contribution in [3.8, 4) is 6.07 Å². The van der Waals surface area contributed by atoms with Crippen molar-refractivity contribution >= 4 is 22.4 Å². The lowest BCUT2D eigenvalue weighted by atomic mass is 10.4. The van der Waals surface area contributed by atoms with E-state index in [-0.39, 0.29) is 0 Å². The quantitative estimate of drug-likeness (QED) is 0.746. The Kier molecular flexibility index (Phi) is 4.26. The van der Waals surface area contributed by atoms with E-state index in [4.69, 9.17) is 5.26 Å². The molecule has 0 unspecified atom stereocenters. The third kappa shape index (κ3) is 2.70. The average Bonchev–Trinajstić information content (AvgIpc) is 2.67. The molecular formula is C10H13N3O2S. The maximum atomic E-state index is 11.3. The normalized spacial score (nSPS) is 9.62. The third-order valence-corrected chi connectivity index (χ3v) is 3.13. The van der Waals surface area contributed by atoms with E-state index in [0.29, 0.717) is 18.7 Å². The lowest BCUT2D eigenvalue weighted by Gasteiger charge is -2.12. The summed E-state index contributed by atoms with van der Waals surface area (Å²) >= 11 is 1.42. The molecule has 0 saturated heterocycles. The number of ether oxygens (including phenoxy) is 1. The number of anilines is 1. The minimum Gasteiger partial charge on any atom is -0.464 e. The van der Waals surface area contributed by atoms with Gasteiger partial charge in [0.25, 0.3) is 0 Å². The zero-order chi connectivity index (χ0) is 12.1. The Morgan fingerprint density at radius 3 is 2.94 bits per heavy atom. The van der Waals surface area contributed by atoms with E-state index in [1.54, 1.807) is 0 Å². The Hall–Kier alpha value is -1.61. The highest BCUT2D eigenvalue weighted by Crippen LogP contribution is 2.25. The smallest absolute Gasteiger partial charge is 0.357 e. The summed E-state index contributed by atoms with van der Waals surface area (Å²) < 4.78 is 4.63. The summed E-state index contributed by atoms with van der Waals surface area (Å²) in [5.74, 6) is -0.423. The second-order valence-electron chi connectivity index (χ2n) is 3.22. The van der Waals surface area contributed by atoms with Crippen LogP contribution in [-0.4, -0.2) is 31.7 Å². The van der Waals surface area contributed by atoms with Crippen LogP contribution in [-0.2, 0) is 4.74 Å². The van der Waals surface area contributed by atoms with Gasteiger partial charge in [-0.1, -0.05) is 0 Å². The summed E-state index contributed by atoms with van der Waals surface area (Å²) in [7, 11) is 3.18. The van der Waals surface area contributed by atoms with Crippen molar-refractivity contribution in [1.82, 2.24) is 4.98 Å². The highest BCUT2D eigenvalue weighted by Gasteiger charge is 2.17. The van der Waals surface area contributed by atoms with E-state index < -0.39 is 5.97 Å².